The van der Waals surface area contributed by atoms with Crippen molar-refractivity contribution >= 4 is 65.0 Å². The van der Waals surface area contributed by atoms with E-state index < -0.39 is 251 Å². The third-order valence-corrected chi connectivity index (χ3v) is 23.2. The van der Waals surface area contributed by atoms with Crippen molar-refractivity contribution in [3.8, 4) is 0 Å². The number of likely N-dealkylation sites (tertiary alicyclic amines) is 1. The van der Waals surface area contributed by atoms with E-state index in [2.05, 4.69) is 63.4 Å². The van der Waals surface area contributed by atoms with Gasteiger partial charge in [-0.25, -0.2) is 0 Å². The van der Waals surface area contributed by atoms with Gasteiger partial charge < -0.3 is 205 Å². The molecule has 5 saturated heterocycles. The van der Waals surface area contributed by atoms with Crippen LogP contribution in [0.15, 0.2) is 0 Å². The number of nitrogens with one attached hydrogen (secondary N) is 11. The van der Waals surface area contributed by atoms with Crippen molar-refractivity contribution in [3.63, 3.8) is 0 Å². The maximum atomic E-state index is 15.0. The Kier molecular flexibility index (Phi) is 57.9. The van der Waals surface area contributed by atoms with Gasteiger partial charge >= 0.3 is 0 Å². The fourth-order valence-electron chi connectivity index (χ4n) is 16.0. The highest BCUT2D eigenvalue weighted by Crippen LogP contribution is 2.32. The van der Waals surface area contributed by atoms with Crippen molar-refractivity contribution in [2.45, 2.75) is 278 Å². The van der Waals surface area contributed by atoms with Crippen LogP contribution in [0, 0.1) is 5.92 Å². The molecule has 6 aliphatic rings. The van der Waals surface area contributed by atoms with E-state index in [1.807, 2.05) is 13.8 Å². The Labute approximate surface area is 801 Å². The van der Waals surface area contributed by atoms with Crippen LogP contribution < -0.4 is 58.5 Å². The monoisotopic (exact) mass is 1990 g/mol. The normalized spacial score (nSPS) is 28.2. The summed E-state index contributed by atoms with van der Waals surface area (Å²) in [6, 6.07) is -8.87. The summed E-state index contributed by atoms with van der Waals surface area (Å²) in [6.07, 6.45) is -20.0. The molecule has 0 spiro atoms. The second-order valence-electron chi connectivity index (χ2n) is 34.2. The van der Waals surface area contributed by atoms with Gasteiger partial charge in [0.05, 0.1) is 171 Å². The zero-order valence-electron chi connectivity index (χ0n) is 79.5. The summed E-state index contributed by atoms with van der Waals surface area (Å²) < 4.78 is 96.0. The van der Waals surface area contributed by atoms with E-state index in [4.69, 9.17) is 80.5 Å². The number of rotatable bonds is 67. The smallest absolute Gasteiger partial charge is 0.243 e. The molecule has 5 heterocycles. The van der Waals surface area contributed by atoms with Gasteiger partial charge in [0.15, 0.2) is 25.2 Å². The van der Waals surface area contributed by atoms with Crippen molar-refractivity contribution in [3.05, 3.63) is 0 Å². The highest BCUT2D eigenvalue weighted by atomic mass is 16.7. The Morgan fingerprint density at radius 1 is 0.326 bits per heavy atom. The second kappa shape index (κ2) is 66.7. The van der Waals surface area contributed by atoms with E-state index in [9.17, 15) is 114 Å². The number of piperidine rings is 1. The third-order valence-electron chi connectivity index (χ3n) is 23.2. The SMILES string of the molecule is CC(=O)NC1C(OCCOCCOCCNC(=O)CC[C@@H](NC(=O)CC[C@H](NC(=O)C2CCC(N3CCC(OC(C)C)CC3)CC2)C(=O)N[C@H](CCC(=O)NCCOCCOCCOC2OC(CO)C(O)C(O)C2NC(C)=O)C(=O)NCCOCCOCCOC2OC(CO)C(O)C(O)C2NC(C)=O)C(=O)NCCOCCOCCOC2OC(CO)C(O)C(O)C2NC(C)=O)OC(CO)C(O)C1O. The van der Waals surface area contributed by atoms with Crippen LogP contribution in [0.1, 0.15) is 119 Å². The molecule has 1 saturated carbocycles. The number of aliphatic hydroxyl groups excluding tert-OH is 12. The molecule has 52 nitrogen and oxygen atoms in total. The Balaban J connectivity index is 1.10. The number of aliphatic hydroxyl groups is 12. The number of nitrogens with zero attached hydrogens (tertiary/aromatic N) is 1. The summed E-state index contributed by atoms with van der Waals surface area (Å²) in [5.74, 6) is -7.60. The molecule has 23 atom stereocenters. The molecule has 796 valence electrons. The van der Waals surface area contributed by atoms with Gasteiger partial charge in [-0.15, -0.1) is 0 Å². The van der Waals surface area contributed by atoms with Gasteiger partial charge in [-0.3, -0.25) is 52.7 Å². The third kappa shape index (κ3) is 43.6. The Hall–Kier alpha value is -7.03. The molecule has 0 aromatic heterocycles. The lowest BCUT2D eigenvalue weighted by atomic mass is 9.84. The van der Waals surface area contributed by atoms with Crippen LogP contribution in [0.2, 0.25) is 0 Å². The Morgan fingerprint density at radius 2 is 0.601 bits per heavy atom. The summed E-state index contributed by atoms with van der Waals surface area (Å²) >= 11 is 0. The molecule has 6 fully saturated rings. The minimum Gasteiger partial charge on any atom is -0.394 e. The molecular formula is C86H152N12O40. The first kappa shape index (κ1) is 120. The standard InChI is InChI=1S/C86H152N12O40/c1-49(2)134-56-17-23-98(24-18-56)55-9-7-54(8-10-55)79(118)96-59(82(121)97-58(81(120)90-22-28-125-32-36-129-40-44-133-86-70(94-53(6)106)78(117)74(113)63(48-102)138-86)12-15-65(108)88-20-26-123-30-34-127-38-42-131-84-68(92-51(4)104)76(115)72(111)61(46-100)136-84)13-16-66(109)95-57(80(119)89-21-27-124-31-35-128-39-43-132-85-69(93-52(5)105)77(116)73(112)62(47-101)137-85)11-14-64(107)87-19-25-122-29-33-126-37-41-130-83-67(91-50(3)103)75(114)71(110)60(45-99)135-83/h49,54-63,67-78,83-86,99-102,110-117H,7-48H2,1-6H3,(H,87,107)(H,88,108)(H,89,119)(H,90,120)(H,91,103)(H,92,104)(H,93,105)(H,94,106)(H,95,109)(H,96,118)(H,97,121)/t54?,55?,57-,58-,59+,60?,61?,62?,63?,67?,68?,69?,70?,71?,72?,73?,74?,75?,76?,77?,78?,83?,84?,85?,86?/m1/s1. The molecule has 6 rings (SSSR count). The minimum absolute atomic E-state index is 0.00252. The van der Waals surface area contributed by atoms with E-state index in [1.165, 1.54) is 27.7 Å². The average Bonchev–Trinajstić information content (AvgIpc) is 0.810. The number of hydrogen-bond donors (Lipinski definition) is 23. The number of carbonyl (C=O) groups is 11. The van der Waals surface area contributed by atoms with Crippen LogP contribution in [0.3, 0.4) is 0 Å². The first-order valence-electron chi connectivity index (χ1n) is 47.2. The van der Waals surface area contributed by atoms with E-state index in [0.717, 1.165) is 25.9 Å². The van der Waals surface area contributed by atoms with E-state index in [1.54, 1.807) is 0 Å². The molecule has 0 radical (unpaired) electrons. The summed E-state index contributed by atoms with van der Waals surface area (Å²) in [5.41, 5.74) is 0. The Bertz CT molecular complexity index is 3530. The molecule has 1 aliphatic carbocycles. The van der Waals surface area contributed by atoms with Crippen molar-refractivity contribution < 1.29 is 195 Å². The van der Waals surface area contributed by atoms with Crippen LogP contribution in [0.25, 0.3) is 0 Å². The van der Waals surface area contributed by atoms with Gasteiger partial charge in [-0.2, -0.15) is 0 Å². The van der Waals surface area contributed by atoms with E-state index >= 15 is 0 Å². The fourth-order valence-corrected chi connectivity index (χ4v) is 16.0. The molecule has 0 bridgehead atoms. The van der Waals surface area contributed by atoms with E-state index in [-0.39, 0.29) is 202 Å². The predicted octanol–water partition coefficient (Wildman–Crippen LogP) is -11.3. The maximum absolute atomic E-state index is 15.0. The largest absolute Gasteiger partial charge is 0.394 e. The second-order valence-corrected chi connectivity index (χ2v) is 34.2. The molecule has 11 amide bonds. The zero-order valence-corrected chi connectivity index (χ0v) is 79.5. The number of hydrogen-bond acceptors (Lipinski definition) is 41. The van der Waals surface area contributed by atoms with Crippen LogP contribution >= 0.6 is 0 Å². The van der Waals surface area contributed by atoms with Gasteiger partial charge in [0.2, 0.25) is 65.0 Å². The van der Waals surface area contributed by atoms with Crippen LogP contribution in [-0.2, 0) is 133 Å². The van der Waals surface area contributed by atoms with Crippen molar-refractivity contribution in [2.24, 2.45) is 5.92 Å². The van der Waals surface area contributed by atoms with Gasteiger partial charge in [0.25, 0.3) is 0 Å². The lowest BCUT2D eigenvalue weighted by Gasteiger charge is -2.42. The van der Waals surface area contributed by atoms with Gasteiger partial charge in [-0.1, -0.05) is 0 Å². The van der Waals surface area contributed by atoms with E-state index in [0.29, 0.717) is 25.7 Å². The van der Waals surface area contributed by atoms with Gasteiger partial charge in [-0.05, 0) is 71.6 Å². The predicted molar refractivity (Wildman–Crippen MR) is 474 cm³/mol. The van der Waals surface area contributed by atoms with Crippen molar-refractivity contribution in [2.75, 3.05) is 198 Å². The lowest BCUT2D eigenvalue weighted by Crippen LogP contribution is -2.64. The summed E-state index contributed by atoms with van der Waals surface area (Å²) in [5, 5.41) is 151. The molecule has 52 heteroatoms. The first-order valence-corrected chi connectivity index (χ1v) is 47.2. The molecule has 5 aliphatic heterocycles. The van der Waals surface area contributed by atoms with Crippen LogP contribution in [0.5, 0.6) is 0 Å². The molecular weight excluding hydrogens is 1840 g/mol. The summed E-state index contributed by atoms with van der Waals surface area (Å²) in [7, 11) is 0. The Morgan fingerprint density at radius 3 is 0.899 bits per heavy atom. The van der Waals surface area contributed by atoms with Crippen LogP contribution in [0.4, 0.5) is 0 Å². The summed E-state index contributed by atoms with van der Waals surface area (Å²) in [4.78, 5) is 149. The highest BCUT2D eigenvalue weighted by Gasteiger charge is 2.50. The average molecular weight is 1990 g/mol. The first-order chi connectivity index (χ1) is 66.2. The van der Waals surface area contributed by atoms with Crippen molar-refractivity contribution in [1.29, 1.82) is 0 Å². The topological polar surface area (TPSA) is 723 Å². The highest BCUT2D eigenvalue weighted by molar-refractivity contribution is 5.94. The molecule has 20 unspecified atom stereocenters. The summed E-state index contributed by atoms with van der Waals surface area (Å²) in [6.45, 7) is 7.12. The molecule has 0 aromatic rings. The van der Waals surface area contributed by atoms with Crippen LogP contribution in [-0.4, -0.2) is 488 Å². The van der Waals surface area contributed by atoms with Crippen molar-refractivity contribution in [1.82, 2.24) is 63.4 Å². The van der Waals surface area contributed by atoms with Gasteiger partial charge in [0, 0.05) is 98.2 Å². The lowest BCUT2D eigenvalue weighted by molar-refractivity contribution is -0.272. The molecule has 0 aromatic carbocycles. The maximum Gasteiger partial charge on any atom is 0.243 e. The molecule has 138 heavy (non-hydrogen) atoms. The van der Waals surface area contributed by atoms with Gasteiger partial charge in [0.1, 0.15) is 116 Å². The number of ether oxygens (including phenoxy) is 17. The number of carbonyl (C=O) groups excluding carboxylic acids is 11. The minimum atomic E-state index is -1.53. The fraction of sp³-hybridized carbons (Fsp3) is 0.872. The quantitative estimate of drug-likeness (QED) is 0.0251. The molecule has 23 N–H and O–H groups in total. The number of amides is 11. The zero-order chi connectivity index (χ0) is 101.